The summed E-state index contributed by atoms with van der Waals surface area (Å²) in [6.07, 6.45) is 1.81. The van der Waals surface area contributed by atoms with Crippen molar-refractivity contribution in [1.29, 1.82) is 0 Å². The molecule has 9 N–H and O–H groups in total. The molecule has 0 atom stereocenters. The summed E-state index contributed by atoms with van der Waals surface area (Å²) in [4.78, 5) is 90.0. The molecule has 26 heteroatoms. The van der Waals surface area contributed by atoms with Gasteiger partial charge >= 0.3 is 11.9 Å². The van der Waals surface area contributed by atoms with Crippen molar-refractivity contribution < 1.29 is 74.4 Å². The maximum absolute atomic E-state index is 13.5. The van der Waals surface area contributed by atoms with Gasteiger partial charge in [0.1, 0.15) is 32.7 Å². The normalized spacial score (nSPS) is 14.4. The summed E-state index contributed by atoms with van der Waals surface area (Å²) in [6, 6.07) is 16.2. The van der Waals surface area contributed by atoms with Gasteiger partial charge < -0.3 is 35.3 Å². The van der Waals surface area contributed by atoms with Crippen molar-refractivity contribution in [1.82, 2.24) is 4.98 Å². The van der Waals surface area contributed by atoms with Crippen LogP contribution in [0.4, 0.5) is 22.7 Å². The number of allylic oxidation sites excluding steroid dienone is 2. The Morgan fingerprint density at radius 3 is 1.30 bits per heavy atom. The first-order valence-corrected chi connectivity index (χ1v) is 22.1. The van der Waals surface area contributed by atoms with Gasteiger partial charge in [-0.3, -0.25) is 43.9 Å². The number of rotatable bonds is 14. The number of ether oxygens (including phenoxy) is 2. The lowest BCUT2D eigenvalue weighted by atomic mass is 9.94. The SMILES string of the molecule is COc1cc(C(=O)O)ccc1N/N=C1\C(=O)c2ccc(NC(=O)c3cc(=O)cc(C(=O)Nc4ccc5c(c4)C=C(S(=O)(=O)O)/C(=N/Nc4ccc(C(=O)O)cc4OC)C5=O)[nH]3)cc2C=C1S(=O)(=O)O. The summed E-state index contributed by atoms with van der Waals surface area (Å²) in [5, 5.41) is 31.2. The summed E-state index contributed by atoms with van der Waals surface area (Å²) >= 11 is 0. The first-order valence-electron chi connectivity index (χ1n) is 19.2. The van der Waals surface area contributed by atoms with Crippen LogP contribution in [0.2, 0.25) is 0 Å². The molecule has 1 heterocycles. The Hall–Kier alpha value is -9.11. The number of carboxylic acid groups (broad SMARTS) is 2. The van der Waals surface area contributed by atoms with E-state index < -0.39 is 93.6 Å². The fraction of sp³-hybridized carbons (Fsp3) is 0.0465. The van der Waals surface area contributed by atoms with E-state index in [4.69, 9.17) is 9.47 Å². The zero-order chi connectivity index (χ0) is 50.1. The van der Waals surface area contributed by atoms with Gasteiger partial charge in [-0.25, -0.2) is 9.59 Å². The second-order valence-corrected chi connectivity index (χ2v) is 17.1. The molecule has 0 saturated heterocycles. The van der Waals surface area contributed by atoms with Crippen molar-refractivity contribution in [2.75, 3.05) is 35.7 Å². The number of carboxylic acids is 2. The van der Waals surface area contributed by atoms with Gasteiger partial charge in [-0.2, -0.15) is 27.0 Å². The van der Waals surface area contributed by atoms with Crippen LogP contribution in [0.5, 0.6) is 11.5 Å². The predicted molar refractivity (Wildman–Crippen MR) is 246 cm³/mol. The average molecular weight is 982 g/mol. The number of carbonyl (C=O) groups excluding carboxylic acids is 4. The number of carbonyl (C=O) groups is 6. The maximum Gasteiger partial charge on any atom is 0.335 e. The Morgan fingerprint density at radius 2 is 0.957 bits per heavy atom. The van der Waals surface area contributed by atoms with Crippen LogP contribution in [-0.2, 0) is 20.2 Å². The number of benzene rings is 4. The number of methoxy groups -OCH3 is 2. The first-order chi connectivity index (χ1) is 32.6. The van der Waals surface area contributed by atoms with Gasteiger partial charge in [-0.05, 0) is 96.1 Å². The Bertz CT molecular complexity index is 3320. The zero-order valence-corrected chi connectivity index (χ0v) is 36.7. The number of nitrogens with zero attached hydrogens (tertiary/aromatic N) is 2. The van der Waals surface area contributed by atoms with Crippen LogP contribution in [0.25, 0.3) is 12.2 Å². The molecule has 1 aromatic heterocycles. The number of amides is 2. The Kier molecular flexibility index (Phi) is 12.9. The molecule has 24 nitrogen and oxygen atoms in total. The number of H-pyrrole nitrogens is 1. The van der Waals surface area contributed by atoms with E-state index in [2.05, 4.69) is 36.7 Å². The minimum Gasteiger partial charge on any atom is -0.494 e. The van der Waals surface area contributed by atoms with Crippen molar-refractivity contribution in [2.24, 2.45) is 10.2 Å². The minimum absolute atomic E-state index is 0.0244. The maximum atomic E-state index is 13.5. The average Bonchev–Trinajstić information content (AvgIpc) is 3.29. The van der Waals surface area contributed by atoms with E-state index >= 15 is 0 Å². The highest BCUT2D eigenvalue weighted by Gasteiger charge is 2.35. The third-order valence-electron chi connectivity index (χ3n) is 9.94. The zero-order valence-electron chi connectivity index (χ0n) is 35.0. The molecule has 5 aromatic rings. The molecule has 2 aliphatic carbocycles. The van der Waals surface area contributed by atoms with Crippen LogP contribution in [0.3, 0.4) is 0 Å². The van der Waals surface area contributed by atoms with Gasteiger partial charge in [0.15, 0.2) is 16.9 Å². The number of ketones is 2. The number of pyridine rings is 1. The third kappa shape index (κ3) is 10.2. The Balaban J connectivity index is 1.09. The number of nitrogens with one attached hydrogen (secondary N) is 5. The molecule has 0 radical (unpaired) electrons. The molecular formula is C43H31N7O17S2. The van der Waals surface area contributed by atoms with Gasteiger partial charge in [-0.15, -0.1) is 0 Å². The molecule has 0 saturated carbocycles. The number of aromatic amines is 1. The van der Waals surface area contributed by atoms with Crippen molar-refractivity contribution in [3.63, 3.8) is 0 Å². The molecule has 2 aliphatic rings. The summed E-state index contributed by atoms with van der Waals surface area (Å²) in [7, 11) is -7.79. The number of aromatic carboxylic acids is 2. The monoisotopic (exact) mass is 981 g/mol. The van der Waals surface area contributed by atoms with Crippen LogP contribution < -0.4 is 36.4 Å². The lowest BCUT2D eigenvalue weighted by Crippen LogP contribution is -2.27. The largest absolute Gasteiger partial charge is 0.494 e. The quantitative estimate of drug-likeness (QED) is 0.0559. The third-order valence-corrected chi connectivity index (χ3v) is 11.7. The minimum atomic E-state index is -5.12. The molecule has 0 fully saturated rings. The number of aromatic nitrogens is 1. The summed E-state index contributed by atoms with van der Waals surface area (Å²) in [5.41, 5.74) is 0.938. The summed E-state index contributed by atoms with van der Waals surface area (Å²) < 4.78 is 80.2. The lowest BCUT2D eigenvalue weighted by molar-refractivity contribution is 0.0686. The van der Waals surface area contributed by atoms with Crippen molar-refractivity contribution in [2.45, 2.75) is 0 Å². The van der Waals surface area contributed by atoms with Crippen LogP contribution >= 0.6 is 0 Å². The topological polar surface area (TPSA) is 376 Å². The molecule has 352 valence electrons. The van der Waals surface area contributed by atoms with Crippen molar-refractivity contribution in [3.05, 3.63) is 150 Å². The van der Waals surface area contributed by atoms with Crippen LogP contribution in [0.1, 0.15) is 73.5 Å². The fourth-order valence-electron chi connectivity index (χ4n) is 6.69. The van der Waals surface area contributed by atoms with Crippen LogP contribution in [0.15, 0.2) is 110 Å². The fourth-order valence-corrected chi connectivity index (χ4v) is 8.00. The second-order valence-electron chi connectivity index (χ2n) is 14.4. The summed E-state index contributed by atoms with van der Waals surface area (Å²) in [5.74, 6) is -6.52. The Morgan fingerprint density at radius 1 is 0.565 bits per heavy atom. The van der Waals surface area contributed by atoms with Gasteiger partial charge in [0, 0.05) is 34.6 Å². The van der Waals surface area contributed by atoms with Gasteiger partial charge in [-0.1, -0.05) is 0 Å². The summed E-state index contributed by atoms with van der Waals surface area (Å²) in [6.45, 7) is 0. The first kappa shape index (κ1) is 47.8. The molecule has 0 aliphatic heterocycles. The number of hydrogen-bond donors (Lipinski definition) is 9. The number of hydrazone groups is 2. The van der Waals surface area contributed by atoms with E-state index in [0.29, 0.717) is 0 Å². The van der Waals surface area contributed by atoms with Crippen LogP contribution in [-0.4, -0.2) is 102 Å². The molecule has 0 bridgehead atoms. The van der Waals surface area contributed by atoms with E-state index in [0.717, 1.165) is 36.4 Å². The van der Waals surface area contributed by atoms with E-state index in [-0.39, 0.29) is 67.6 Å². The standard InChI is InChI=1S/C43H31N7O17S2/c1-66-32-13-19(42(56)57)3-9-28(32)47-49-36-34(68(60,61)62)15-21-11-23(5-7-26(21)38(36)52)44-40(54)30-17-25(51)18-31(46-30)41(55)45-24-6-8-27-22(12-24)16-35(69(63,64)65)37(39(27)53)50-48-29-10-4-20(43(58)59)14-33(29)67-2/h3-18,47-48H,1-2H3,(H,44,54)(H,45,55)(H,46,51)(H,56,57)(H,58,59)(H,60,61,62)(H,63,64,65)/b49-36-,50-37-. The van der Waals surface area contributed by atoms with Gasteiger partial charge in [0.05, 0.1) is 36.7 Å². The highest BCUT2D eigenvalue weighted by Crippen LogP contribution is 2.32. The van der Waals surface area contributed by atoms with Crippen molar-refractivity contribution >= 4 is 102 Å². The highest BCUT2D eigenvalue weighted by molar-refractivity contribution is 7.91. The van der Waals surface area contributed by atoms with Crippen molar-refractivity contribution in [3.8, 4) is 11.5 Å². The predicted octanol–water partition coefficient (Wildman–Crippen LogP) is 4.08. The van der Waals surface area contributed by atoms with E-state index in [9.17, 15) is 69.7 Å². The highest BCUT2D eigenvalue weighted by atomic mass is 32.2. The molecule has 2 amide bonds. The van der Waals surface area contributed by atoms with E-state index in [1.807, 2.05) is 0 Å². The Labute approximate surface area is 387 Å². The molecule has 0 unspecified atom stereocenters. The van der Waals surface area contributed by atoms with E-state index in [1.54, 1.807) is 0 Å². The number of anilines is 4. The number of hydrogen-bond acceptors (Lipinski definition) is 17. The number of Topliss-reactive ketones (excluding diaryl/α,β-unsaturated/α-hetero) is 2. The molecular weight excluding hydrogens is 951 g/mol. The molecule has 69 heavy (non-hydrogen) atoms. The van der Waals surface area contributed by atoms with Gasteiger partial charge in [0.25, 0.3) is 32.1 Å². The molecule has 4 aromatic carbocycles. The second kappa shape index (κ2) is 18.6. The lowest BCUT2D eigenvalue weighted by Gasteiger charge is -2.18. The number of fused-ring (bicyclic) bond motifs is 2. The van der Waals surface area contributed by atoms with E-state index in [1.165, 1.54) is 74.9 Å². The van der Waals surface area contributed by atoms with Gasteiger partial charge in [0.2, 0.25) is 11.6 Å². The molecule has 7 rings (SSSR count). The smallest absolute Gasteiger partial charge is 0.335 e. The van der Waals surface area contributed by atoms with Crippen LogP contribution in [0, 0.1) is 0 Å². The molecule has 0 spiro atoms.